The minimum atomic E-state index is 0.481. The van der Waals surface area contributed by atoms with Crippen molar-refractivity contribution in [3.05, 3.63) is 48.0 Å². The number of hydrogen-bond donors (Lipinski definition) is 0. The molecule has 0 aliphatic heterocycles. The summed E-state index contributed by atoms with van der Waals surface area (Å²) in [6.45, 7) is 5.37. The molecule has 0 fully saturated rings. The summed E-state index contributed by atoms with van der Waals surface area (Å²) in [5, 5.41) is 0. The van der Waals surface area contributed by atoms with Gasteiger partial charge in [-0.15, -0.1) is 0 Å². The van der Waals surface area contributed by atoms with Crippen LogP contribution in [0.15, 0.2) is 42.5 Å². The minimum absolute atomic E-state index is 0.481. The van der Waals surface area contributed by atoms with Crippen LogP contribution in [-0.2, 0) is 6.61 Å². The van der Waals surface area contributed by atoms with E-state index in [1.54, 1.807) is 14.2 Å². The molecule has 0 N–H and O–H groups in total. The van der Waals surface area contributed by atoms with Gasteiger partial charge >= 0.3 is 0 Å². The zero-order chi connectivity index (χ0) is 15.2. The Morgan fingerprint density at radius 3 is 1.86 bits per heavy atom. The molecule has 0 radical (unpaired) electrons. The lowest BCUT2D eigenvalue weighted by atomic mass is 9.49. The first kappa shape index (κ1) is 15.3. The quantitative estimate of drug-likeness (QED) is 0.762. The highest BCUT2D eigenvalue weighted by Crippen LogP contribution is 2.23. The van der Waals surface area contributed by atoms with Gasteiger partial charge in [-0.05, 0) is 29.8 Å². The molecular formula is C17H21BO3. The Bertz CT molecular complexity index is 557. The van der Waals surface area contributed by atoms with Crippen molar-refractivity contribution in [2.45, 2.75) is 20.3 Å². The second-order valence-electron chi connectivity index (χ2n) is 5.23. The molecule has 4 heteroatoms. The molecule has 3 nitrogen and oxygen atoms in total. The summed E-state index contributed by atoms with van der Waals surface area (Å²) < 4.78 is 16.3. The normalized spacial score (nSPS) is 10.1. The molecule has 0 bridgehead atoms. The average Bonchev–Trinajstić information content (AvgIpc) is 2.52. The van der Waals surface area contributed by atoms with E-state index in [1.807, 2.05) is 30.3 Å². The van der Waals surface area contributed by atoms with Crippen LogP contribution in [0.4, 0.5) is 0 Å². The Kier molecular flexibility index (Phi) is 5.15. The first-order valence-electron chi connectivity index (χ1n) is 7.07. The monoisotopic (exact) mass is 284 g/mol. The molecule has 2 aromatic rings. The Hall–Kier alpha value is -2.10. The van der Waals surface area contributed by atoms with Crippen LogP contribution in [0.5, 0.6) is 17.2 Å². The van der Waals surface area contributed by atoms with Crippen LogP contribution >= 0.6 is 0 Å². The van der Waals surface area contributed by atoms with Gasteiger partial charge in [0.05, 0.1) is 14.2 Å². The summed E-state index contributed by atoms with van der Waals surface area (Å²) in [4.78, 5) is 0. The zero-order valence-corrected chi connectivity index (χ0v) is 13.1. The van der Waals surface area contributed by atoms with E-state index in [-0.39, 0.29) is 0 Å². The fourth-order valence-corrected chi connectivity index (χ4v) is 2.07. The van der Waals surface area contributed by atoms with Crippen LogP contribution in [0.1, 0.15) is 5.56 Å². The molecule has 0 aliphatic rings. The molecule has 2 rings (SSSR count). The van der Waals surface area contributed by atoms with Gasteiger partial charge in [-0.25, -0.2) is 0 Å². The molecule has 0 spiro atoms. The molecular weight excluding hydrogens is 263 g/mol. The number of rotatable bonds is 6. The van der Waals surface area contributed by atoms with Gasteiger partial charge < -0.3 is 14.2 Å². The third kappa shape index (κ3) is 4.18. The number of hydrogen-bond acceptors (Lipinski definition) is 3. The van der Waals surface area contributed by atoms with Crippen molar-refractivity contribution in [2.24, 2.45) is 0 Å². The lowest BCUT2D eigenvalue weighted by Crippen LogP contribution is -2.21. The van der Waals surface area contributed by atoms with Gasteiger partial charge in [0.25, 0.3) is 0 Å². The standard InChI is InChI=1S/C17H21BO3/c1-18(2)14-5-7-15(8-6-14)21-12-13-9-16(19-3)11-17(10-13)20-4/h5-11H,12H2,1-4H3. The predicted molar refractivity (Wildman–Crippen MR) is 87.4 cm³/mol. The Balaban J connectivity index is 2.05. The molecule has 110 valence electrons. The summed E-state index contributed by atoms with van der Waals surface area (Å²) in [5.41, 5.74) is 2.32. The van der Waals surface area contributed by atoms with Crippen LogP contribution in [0, 0.1) is 0 Å². The first-order valence-corrected chi connectivity index (χ1v) is 7.07. The van der Waals surface area contributed by atoms with E-state index in [2.05, 4.69) is 25.8 Å². The summed E-state index contributed by atoms with van der Waals surface area (Å²) in [7, 11) is 3.29. The zero-order valence-electron chi connectivity index (χ0n) is 13.1. The number of ether oxygens (including phenoxy) is 3. The van der Waals surface area contributed by atoms with Gasteiger partial charge in [0, 0.05) is 6.07 Å². The van der Waals surface area contributed by atoms with E-state index in [1.165, 1.54) is 5.46 Å². The maximum Gasteiger partial charge on any atom is 0.169 e. The SMILES string of the molecule is COc1cc(COc2ccc(B(C)C)cc2)cc(OC)c1. The second-order valence-corrected chi connectivity index (χ2v) is 5.23. The third-order valence-electron chi connectivity index (χ3n) is 3.36. The number of benzene rings is 2. The Labute approximate surface area is 126 Å². The van der Waals surface area contributed by atoms with Crippen LogP contribution in [0.2, 0.25) is 13.6 Å². The van der Waals surface area contributed by atoms with Gasteiger partial charge in [-0.1, -0.05) is 31.2 Å². The molecule has 0 saturated carbocycles. The summed E-state index contributed by atoms with van der Waals surface area (Å²) >= 11 is 0. The van der Waals surface area contributed by atoms with Gasteiger partial charge in [-0.3, -0.25) is 0 Å². The summed E-state index contributed by atoms with van der Waals surface area (Å²) in [6, 6.07) is 14.0. The van der Waals surface area contributed by atoms with Crippen molar-refractivity contribution in [3.63, 3.8) is 0 Å². The van der Waals surface area contributed by atoms with Crippen molar-refractivity contribution < 1.29 is 14.2 Å². The van der Waals surface area contributed by atoms with Crippen molar-refractivity contribution >= 4 is 12.2 Å². The third-order valence-corrected chi connectivity index (χ3v) is 3.36. The van der Waals surface area contributed by atoms with Crippen molar-refractivity contribution in [3.8, 4) is 17.2 Å². The molecule has 0 aromatic heterocycles. The van der Waals surface area contributed by atoms with E-state index >= 15 is 0 Å². The topological polar surface area (TPSA) is 27.7 Å². The molecule has 0 saturated heterocycles. The van der Waals surface area contributed by atoms with Crippen LogP contribution in [0.25, 0.3) is 0 Å². The van der Waals surface area contributed by atoms with Gasteiger partial charge in [0.1, 0.15) is 23.9 Å². The summed E-state index contributed by atoms with van der Waals surface area (Å²) in [6.07, 6.45) is 0. The molecule has 0 aliphatic carbocycles. The fourth-order valence-electron chi connectivity index (χ4n) is 2.07. The molecule has 2 aromatic carbocycles. The predicted octanol–water partition coefficient (Wildman–Crippen LogP) is 3.24. The van der Waals surface area contributed by atoms with E-state index in [0.717, 1.165) is 22.8 Å². The average molecular weight is 284 g/mol. The highest BCUT2D eigenvalue weighted by atomic mass is 16.5. The first-order chi connectivity index (χ1) is 10.1. The van der Waals surface area contributed by atoms with Gasteiger partial charge in [0.2, 0.25) is 0 Å². The Morgan fingerprint density at radius 1 is 0.810 bits per heavy atom. The lowest BCUT2D eigenvalue weighted by molar-refractivity contribution is 0.304. The fraction of sp³-hybridized carbons (Fsp3) is 0.294. The van der Waals surface area contributed by atoms with E-state index in [4.69, 9.17) is 14.2 Å². The van der Waals surface area contributed by atoms with E-state index < -0.39 is 0 Å². The number of methoxy groups -OCH3 is 2. The lowest BCUT2D eigenvalue weighted by Gasteiger charge is -2.11. The van der Waals surface area contributed by atoms with Crippen molar-refractivity contribution in [2.75, 3.05) is 14.2 Å². The smallest absolute Gasteiger partial charge is 0.169 e. The van der Waals surface area contributed by atoms with Crippen LogP contribution in [-0.4, -0.2) is 20.9 Å². The van der Waals surface area contributed by atoms with E-state index in [0.29, 0.717) is 13.3 Å². The van der Waals surface area contributed by atoms with Gasteiger partial charge in [-0.2, -0.15) is 0 Å². The van der Waals surface area contributed by atoms with Gasteiger partial charge in [0.15, 0.2) is 6.71 Å². The van der Waals surface area contributed by atoms with Crippen molar-refractivity contribution in [1.29, 1.82) is 0 Å². The largest absolute Gasteiger partial charge is 0.497 e. The van der Waals surface area contributed by atoms with E-state index in [9.17, 15) is 0 Å². The molecule has 0 amide bonds. The van der Waals surface area contributed by atoms with Crippen LogP contribution in [0.3, 0.4) is 0 Å². The molecule has 0 heterocycles. The van der Waals surface area contributed by atoms with Crippen molar-refractivity contribution in [1.82, 2.24) is 0 Å². The molecule has 0 atom stereocenters. The minimum Gasteiger partial charge on any atom is -0.497 e. The maximum absolute atomic E-state index is 5.81. The summed E-state index contributed by atoms with van der Waals surface area (Å²) in [5.74, 6) is 2.40. The maximum atomic E-state index is 5.81. The molecule has 21 heavy (non-hydrogen) atoms. The highest BCUT2D eigenvalue weighted by Gasteiger charge is 2.05. The highest BCUT2D eigenvalue weighted by molar-refractivity contribution is 6.70. The second kappa shape index (κ2) is 7.07. The Morgan fingerprint density at radius 2 is 1.38 bits per heavy atom. The molecule has 0 unspecified atom stereocenters. The van der Waals surface area contributed by atoms with Crippen LogP contribution < -0.4 is 19.7 Å².